The molecule has 3 aromatic carbocycles. The summed E-state index contributed by atoms with van der Waals surface area (Å²) in [7, 11) is -3.43. The fourth-order valence-corrected chi connectivity index (χ4v) is 5.47. The second-order valence-corrected chi connectivity index (χ2v) is 10.4. The molecule has 1 amide bonds. The molecular formula is C24H26ClN3O3S. The standard InChI is InChI=1S/C24H26ClN3O3S/c25-21-8-10-22(11-9-21)27-13-15-28(16-14-27)32(30,31)17-12-26-24(29)18-20-6-3-5-19-4-1-2-7-23(19)20/h1-11H,12-18H2,(H,26,29). The molecular weight excluding hydrogens is 446 g/mol. The van der Waals surface area contributed by atoms with Crippen LogP contribution in [0.3, 0.4) is 0 Å². The van der Waals surface area contributed by atoms with E-state index in [1.165, 1.54) is 4.31 Å². The van der Waals surface area contributed by atoms with Gasteiger partial charge in [0.2, 0.25) is 15.9 Å². The van der Waals surface area contributed by atoms with Crippen molar-refractivity contribution in [2.75, 3.05) is 43.4 Å². The molecule has 0 bridgehead atoms. The molecule has 4 rings (SSSR count). The van der Waals surface area contributed by atoms with E-state index in [4.69, 9.17) is 11.6 Å². The molecule has 32 heavy (non-hydrogen) atoms. The molecule has 0 spiro atoms. The highest BCUT2D eigenvalue weighted by Gasteiger charge is 2.26. The molecule has 1 saturated heterocycles. The Morgan fingerprint density at radius 1 is 0.906 bits per heavy atom. The highest BCUT2D eigenvalue weighted by atomic mass is 35.5. The van der Waals surface area contributed by atoms with Crippen molar-refractivity contribution in [1.82, 2.24) is 9.62 Å². The Hall–Kier alpha value is -2.61. The maximum atomic E-state index is 12.7. The molecule has 1 aliphatic rings. The summed E-state index contributed by atoms with van der Waals surface area (Å²) >= 11 is 5.94. The van der Waals surface area contributed by atoms with E-state index in [1.807, 2.05) is 66.7 Å². The van der Waals surface area contributed by atoms with Gasteiger partial charge in [-0.1, -0.05) is 54.1 Å². The second kappa shape index (κ2) is 9.90. The number of benzene rings is 3. The maximum Gasteiger partial charge on any atom is 0.224 e. The van der Waals surface area contributed by atoms with Crippen LogP contribution in [0, 0.1) is 0 Å². The van der Waals surface area contributed by atoms with Crippen LogP contribution in [0.5, 0.6) is 0 Å². The first-order valence-electron chi connectivity index (χ1n) is 10.6. The Kier molecular flexibility index (Phi) is 6.98. The molecule has 6 nitrogen and oxygen atoms in total. The molecule has 8 heteroatoms. The molecule has 0 aromatic heterocycles. The average molecular weight is 472 g/mol. The predicted octanol–water partition coefficient (Wildman–Crippen LogP) is 3.30. The number of halogens is 1. The molecule has 1 heterocycles. The lowest BCUT2D eigenvalue weighted by molar-refractivity contribution is -0.120. The van der Waals surface area contributed by atoms with E-state index in [1.54, 1.807) is 0 Å². The van der Waals surface area contributed by atoms with Crippen molar-refractivity contribution in [3.05, 3.63) is 77.3 Å². The molecule has 0 aliphatic carbocycles. The number of anilines is 1. The monoisotopic (exact) mass is 471 g/mol. The molecule has 1 aliphatic heterocycles. The third kappa shape index (κ3) is 5.41. The van der Waals surface area contributed by atoms with Gasteiger partial charge in [-0.3, -0.25) is 4.79 Å². The van der Waals surface area contributed by atoms with Gasteiger partial charge in [0, 0.05) is 43.4 Å². The van der Waals surface area contributed by atoms with Gasteiger partial charge in [0.05, 0.1) is 12.2 Å². The van der Waals surface area contributed by atoms with Gasteiger partial charge < -0.3 is 10.2 Å². The van der Waals surface area contributed by atoms with Crippen molar-refractivity contribution in [1.29, 1.82) is 0 Å². The highest BCUT2D eigenvalue weighted by Crippen LogP contribution is 2.21. The number of hydrogen-bond donors (Lipinski definition) is 1. The highest BCUT2D eigenvalue weighted by molar-refractivity contribution is 7.89. The molecule has 3 aromatic rings. The summed E-state index contributed by atoms with van der Waals surface area (Å²) in [4.78, 5) is 14.6. The van der Waals surface area contributed by atoms with Crippen LogP contribution in [0.1, 0.15) is 5.56 Å². The van der Waals surface area contributed by atoms with Gasteiger partial charge in [-0.25, -0.2) is 8.42 Å². The van der Waals surface area contributed by atoms with Gasteiger partial charge in [-0.15, -0.1) is 0 Å². The first-order valence-corrected chi connectivity index (χ1v) is 12.6. The molecule has 1 N–H and O–H groups in total. The normalized spacial score (nSPS) is 15.1. The van der Waals surface area contributed by atoms with Crippen molar-refractivity contribution in [2.45, 2.75) is 6.42 Å². The summed E-state index contributed by atoms with van der Waals surface area (Å²) < 4.78 is 27.0. The Morgan fingerprint density at radius 2 is 1.59 bits per heavy atom. The largest absolute Gasteiger partial charge is 0.369 e. The minimum Gasteiger partial charge on any atom is -0.369 e. The minimum absolute atomic E-state index is 0.101. The van der Waals surface area contributed by atoms with E-state index >= 15 is 0 Å². The summed E-state index contributed by atoms with van der Waals surface area (Å²) in [6, 6.07) is 21.3. The van der Waals surface area contributed by atoms with Crippen molar-refractivity contribution < 1.29 is 13.2 Å². The Labute approximate surface area is 193 Å². The average Bonchev–Trinajstić information content (AvgIpc) is 2.80. The van der Waals surface area contributed by atoms with Crippen LogP contribution in [-0.2, 0) is 21.2 Å². The van der Waals surface area contributed by atoms with Crippen molar-refractivity contribution >= 4 is 44.0 Å². The third-order valence-electron chi connectivity index (χ3n) is 5.74. The van der Waals surface area contributed by atoms with Gasteiger partial charge in [0.1, 0.15) is 0 Å². The molecule has 0 atom stereocenters. The fraction of sp³-hybridized carbons (Fsp3) is 0.292. The van der Waals surface area contributed by atoms with Crippen molar-refractivity contribution in [3.63, 3.8) is 0 Å². The van der Waals surface area contributed by atoms with Crippen LogP contribution in [0.2, 0.25) is 5.02 Å². The molecule has 1 fully saturated rings. The molecule has 168 valence electrons. The Morgan fingerprint density at radius 3 is 2.34 bits per heavy atom. The lowest BCUT2D eigenvalue weighted by Gasteiger charge is -2.35. The van der Waals surface area contributed by atoms with Crippen LogP contribution in [0.15, 0.2) is 66.7 Å². The number of piperazine rings is 1. The quantitative estimate of drug-likeness (QED) is 0.574. The van der Waals surface area contributed by atoms with E-state index in [9.17, 15) is 13.2 Å². The van der Waals surface area contributed by atoms with Gasteiger partial charge in [0.15, 0.2) is 0 Å². The summed E-state index contributed by atoms with van der Waals surface area (Å²) in [5, 5.41) is 5.56. The first kappa shape index (κ1) is 22.6. The van der Waals surface area contributed by atoms with Crippen LogP contribution in [-0.4, -0.2) is 57.1 Å². The smallest absolute Gasteiger partial charge is 0.224 e. The van der Waals surface area contributed by atoms with E-state index in [2.05, 4.69) is 10.2 Å². The number of fused-ring (bicyclic) bond motifs is 1. The summed E-state index contributed by atoms with van der Waals surface area (Å²) in [6.45, 7) is 2.19. The van der Waals surface area contributed by atoms with Crippen molar-refractivity contribution in [3.8, 4) is 0 Å². The predicted molar refractivity (Wildman–Crippen MR) is 130 cm³/mol. The number of amides is 1. The fourth-order valence-electron chi connectivity index (χ4n) is 4.01. The lowest BCUT2D eigenvalue weighted by atomic mass is 10.0. The number of rotatable bonds is 7. The molecule has 0 unspecified atom stereocenters. The van der Waals surface area contributed by atoms with Crippen LogP contribution in [0.25, 0.3) is 10.8 Å². The topological polar surface area (TPSA) is 69.7 Å². The maximum absolute atomic E-state index is 12.7. The Bertz CT molecular complexity index is 1190. The third-order valence-corrected chi connectivity index (χ3v) is 7.86. The summed E-state index contributed by atoms with van der Waals surface area (Å²) in [5.74, 6) is -0.279. The van der Waals surface area contributed by atoms with E-state index in [0.29, 0.717) is 31.2 Å². The zero-order valence-electron chi connectivity index (χ0n) is 17.7. The Balaban J connectivity index is 1.26. The van der Waals surface area contributed by atoms with Gasteiger partial charge >= 0.3 is 0 Å². The van der Waals surface area contributed by atoms with Gasteiger partial charge in [-0.2, -0.15) is 4.31 Å². The number of carbonyl (C=O) groups excluding carboxylic acids is 1. The second-order valence-electron chi connectivity index (χ2n) is 7.84. The molecule has 0 saturated carbocycles. The number of nitrogens with one attached hydrogen (secondary N) is 1. The number of hydrogen-bond acceptors (Lipinski definition) is 4. The van der Waals surface area contributed by atoms with Crippen LogP contribution in [0.4, 0.5) is 5.69 Å². The van der Waals surface area contributed by atoms with E-state index in [-0.39, 0.29) is 24.6 Å². The van der Waals surface area contributed by atoms with Crippen LogP contribution >= 0.6 is 11.6 Å². The van der Waals surface area contributed by atoms with Gasteiger partial charge in [-0.05, 0) is 40.6 Å². The number of nitrogens with zero attached hydrogens (tertiary/aromatic N) is 2. The summed E-state index contributed by atoms with van der Waals surface area (Å²) in [5.41, 5.74) is 1.97. The number of sulfonamides is 1. The zero-order valence-corrected chi connectivity index (χ0v) is 19.3. The van der Waals surface area contributed by atoms with Crippen molar-refractivity contribution in [2.24, 2.45) is 0 Å². The van der Waals surface area contributed by atoms with E-state index < -0.39 is 10.0 Å². The number of carbonyl (C=O) groups is 1. The zero-order chi connectivity index (χ0) is 22.6. The van der Waals surface area contributed by atoms with E-state index in [0.717, 1.165) is 22.0 Å². The molecule has 0 radical (unpaired) electrons. The SMILES string of the molecule is O=C(Cc1cccc2ccccc12)NCCS(=O)(=O)N1CCN(c2ccc(Cl)cc2)CC1. The minimum atomic E-state index is -3.43. The lowest BCUT2D eigenvalue weighted by Crippen LogP contribution is -2.50. The first-order chi connectivity index (χ1) is 15.4. The van der Waals surface area contributed by atoms with Crippen LogP contribution < -0.4 is 10.2 Å². The summed E-state index contributed by atoms with van der Waals surface area (Å²) in [6.07, 6.45) is 0.223. The van der Waals surface area contributed by atoms with Gasteiger partial charge in [0.25, 0.3) is 0 Å².